The lowest BCUT2D eigenvalue weighted by atomic mass is 9.97. The zero-order valence-electron chi connectivity index (χ0n) is 13.3. The van der Waals surface area contributed by atoms with Gasteiger partial charge >= 0.3 is 12.0 Å². The molecule has 3 atom stereocenters. The lowest BCUT2D eigenvalue weighted by Gasteiger charge is -2.48. The molecule has 1 N–H and O–H groups in total. The number of carboxylic acids is 1. The first kappa shape index (κ1) is 16.1. The molecule has 2 amide bonds. The van der Waals surface area contributed by atoms with Crippen molar-refractivity contribution in [1.29, 1.82) is 0 Å². The van der Waals surface area contributed by atoms with E-state index in [2.05, 4.69) is 11.8 Å². The van der Waals surface area contributed by atoms with Gasteiger partial charge in [-0.2, -0.15) is 0 Å². The Hall–Kier alpha value is -1.30. The molecule has 2 rings (SSSR count). The molecule has 0 saturated carbocycles. The fourth-order valence-electron chi connectivity index (χ4n) is 3.40. The molecule has 0 aliphatic carbocycles. The highest BCUT2D eigenvalue weighted by Gasteiger charge is 2.36. The maximum Gasteiger partial charge on any atom is 0.320 e. The van der Waals surface area contributed by atoms with Gasteiger partial charge in [0.25, 0.3) is 0 Å². The molecule has 2 aliphatic heterocycles. The Morgan fingerprint density at radius 1 is 1.33 bits per heavy atom. The number of nitrogens with zero attached hydrogens (tertiary/aromatic N) is 3. The van der Waals surface area contributed by atoms with Crippen LogP contribution in [0, 0.1) is 5.92 Å². The van der Waals surface area contributed by atoms with E-state index in [9.17, 15) is 9.59 Å². The molecule has 2 fully saturated rings. The quantitative estimate of drug-likeness (QED) is 0.853. The van der Waals surface area contributed by atoms with E-state index < -0.39 is 11.9 Å². The van der Waals surface area contributed by atoms with E-state index in [1.165, 1.54) is 12.8 Å². The van der Waals surface area contributed by atoms with Crippen molar-refractivity contribution in [3.8, 4) is 0 Å². The molecule has 6 heteroatoms. The molecule has 0 bridgehead atoms. The van der Waals surface area contributed by atoms with Crippen LogP contribution in [0.2, 0.25) is 0 Å². The van der Waals surface area contributed by atoms with Gasteiger partial charge in [-0.15, -0.1) is 0 Å². The first-order valence-electron chi connectivity index (χ1n) is 7.88. The van der Waals surface area contributed by atoms with Crippen LogP contribution in [0.15, 0.2) is 0 Å². The standard InChI is InChI=1S/C15H27N3O3/c1-11(14(19)20)8-16(3)15(21)18-10-13-6-4-5-7-17(13)9-12(18)2/h11-13H,4-10H2,1-3H3,(H,19,20). The van der Waals surface area contributed by atoms with Gasteiger partial charge in [-0.05, 0) is 26.3 Å². The molecule has 21 heavy (non-hydrogen) atoms. The monoisotopic (exact) mass is 297 g/mol. The van der Waals surface area contributed by atoms with Gasteiger partial charge in [0.2, 0.25) is 0 Å². The number of urea groups is 1. The van der Waals surface area contributed by atoms with Crippen molar-refractivity contribution in [2.45, 2.75) is 45.2 Å². The van der Waals surface area contributed by atoms with E-state index in [1.54, 1.807) is 18.9 Å². The number of carbonyl (C=O) groups is 2. The van der Waals surface area contributed by atoms with Gasteiger partial charge in [0, 0.05) is 38.8 Å². The van der Waals surface area contributed by atoms with Crippen LogP contribution >= 0.6 is 0 Å². The topological polar surface area (TPSA) is 64.1 Å². The Morgan fingerprint density at radius 2 is 2.05 bits per heavy atom. The zero-order chi connectivity index (χ0) is 15.6. The maximum atomic E-state index is 12.6. The average molecular weight is 297 g/mol. The summed E-state index contributed by atoms with van der Waals surface area (Å²) in [5, 5.41) is 8.97. The van der Waals surface area contributed by atoms with Crippen molar-refractivity contribution in [3.05, 3.63) is 0 Å². The summed E-state index contributed by atoms with van der Waals surface area (Å²) < 4.78 is 0. The number of piperazine rings is 1. The van der Waals surface area contributed by atoms with Crippen LogP contribution < -0.4 is 0 Å². The molecular formula is C15H27N3O3. The van der Waals surface area contributed by atoms with E-state index in [-0.39, 0.29) is 18.6 Å². The van der Waals surface area contributed by atoms with Crippen LogP contribution in [0.1, 0.15) is 33.1 Å². The predicted molar refractivity (Wildman–Crippen MR) is 80.2 cm³/mol. The minimum absolute atomic E-state index is 0.0409. The average Bonchev–Trinajstić information content (AvgIpc) is 2.45. The predicted octanol–water partition coefficient (Wildman–Crippen LogP) is 1.32. The molecule has 0 aromatic heterocycles. The van der Waals surface area contributed by atoms with Crippen molar-refractivity contribution in [1.82, 2.24) is 14.7 Å². The van der Waals surface area contributed by atoms with E-state index in [1.807, 2.05) is 4.90 Å². The Morgan fingerprint density at radius 3 is 2.71 bits per heavy atom. The highest BCUT2D eigenvalue weighted by atomic mass is 16.4. The van der Waals surface area contributed by atoms with Gasteiger partial charge in [-0.3, -0.25) is 9.69 Å². The molecule has 6 nitrogen and oxygen atoms in total. The lowest BCUT2D eigenvalue weighted by molar-refractivity contribution is -0.141. The minimum atomic E-state index is -0.861. The fraction of sp³-hybridized carbons (Fsp3) is 0.867. The van der Waals surface area contributed by atoms with Crippen LogP contribution in [0.5, 0.6) is 0 Å². The smallest absolute Gasteiger partial charge is 0.320 e. The van der Waals surface area contributed by atoms with Gasteiger partial charge in [0.15, 0.2) is 0 Å². The van der Waals surface area contributed by atoms with Crippen molar-refractivity contribution in [2.24, 2.45) is 5.92 Å². The van der Waals surface area contributed by atoms with Crippen molar-refractivity contribution in [3.63, 3.8) is 0 Å². The SMILES string of the molecule is CC(CN(C)C(=O)N1CC2CCCCN2CC1C)C(=O)O. The van der Waals surface area contributed by atoms with Crippen LogP contribution in [0.4, 0.5) is 4.79 Å². The molecule has 0 aromatic carbocycles. The van der Waals surface area contributed by atoms with Crippen molar-refractivity contribution >= 4 is 12.0 Å². The molecule has 0 radical (unpaired) electrons. The van der Waals surface area contributed by atoms with Gasteiger partial charge in [-0.1, -0.05) is 13.3 Å². The molecule has 2 saturated heterocycles. The molecular weight excluding hydrogens is 270 g/mol. The van der Waals surface area contributed by atoms with Gasteiger partial charge in [-0.25, -0.2) is 4.79 Å². The summed E-state index contributed by atoms with van der Waals surface area (Å²) in [6, 6.07) is 0.624. The van der Waals surface area contributed by atoms with Crippen LogP contribution in [0.3, 0.4) is 0 Å². The van der Waals surface area contributed by atoms with Crippen LogP contribution in [-0.2, 0) is 4.79 Å². The highest BCUT2D eigenvalue weighted by Crippen LogP contribution is 2.24. The van der Waals surface area contributed by atoms with Gasteiger partial charge in [0.05, 0.1) is 5.92 Å². The summed E-state index contributed by atoms with van der Waals surface area (Å²) >= 11 is 0. The fourth-order valence-corrected chi connectivity index (χ4v) is 3.40. The molecule has 0 aromatic rings. The summed E-state index contributed by atoms with van der Waals surface area (Å²) in [4.78, 5) is 29.5. The Balaban J connectivity index is 1.96. The van der Waals surface area contributed by atoms with E-state index in [4.69, 9.17) is 5.11 Å². The molecule has 0 spiro atoms. The first-order valence-corrected chi connectivity index (χ1v) is 7.88. The number of hydrogen-bond acceptors (Lipinski definition) is 3. The Bertz CT molecular complexity index is 402. The second-order valence-corrected chi connectivity index (χ2v) is 6.55. The minimum Gasteiger partial charge on any atom is -0.481 e. The van der Waals surface area contributed by atoms with E-state index in [0.717, 1.165) is 26.1 Å². The third-order valence-electron chi connectivity index (χ3n) is 4.73. The number of carbonyl (C=O) groups excluding carboxylic acids is 1. The molecule has 2 aliphatic rings. The number of piperidine rings is 1. The Kier molecular flexibility index (Phi) is 5.08. The van der Waals surface area contributed by atoms with Crippen molar-refractivity contribution < 1.29 is 14.7 Å². The number of amides is 2. The summed E-state index contributed by atoms with van der Waals surface area (Å²) in [6.07, 6.45) is 3.66. The Labute approximate surface area is 126 Å². The van der Waals surface area contributed by atoms with Crippen molar-refractivity contribution in [2.75, 3.05) is 33.2 Å². The largest absolute Gasteiger partial charge is 0.481 e. The number of hydrogen-bond donors (Lipinski definition) is 1. The number of fused-ring (bicyclic) bond motifs is 1. The second kappa shape index (κ2) is 6.64. The molecule has 2 heterocycles. The number of rotatable bonds is 3. The third kappa shape index (κ3) is 3.67. The van der Waals surface area contributed by atoms with Crippen LogP contribution in [-0.4, -0.2) is 77.1 Å². The third-order valence-corrected chi connectivity index (χ3v) is 4.73. The zero-order valence-corrected chi connectivity index (χ0v) is 13.3. The maximum absolute atomic E-state index is 12.6. The number of carboxylic acid groups (broad SMARTS) is 1. The summed E-state index contributed by atoms with van der Waals surface area (Å²) in [5.74, 6) is -1.40. The second-order valence-electron chi connectivity index (χ2n) is 6.55. The van der Waals surface area contributed by atoms with Gasteiger partial charge < -0.3 is 14.9 Å². The van der Waals surface area contributed by atoms with Gasteiger partial charge in [0.1, 0.15) is 0 Å². The summed E-state index contributed by atoms with van der Waals surface area (Å²) in [7, 11) is 1.70. The van der Waals surface area contributed by atoms with E-state index >= 15 is 0 Å². The van der Waals surface area contributed by atoms with E-state index in [0.29, 0.717) is 6.04 Å². The lowest BCUT2D eigenvalue weighted by Crippen LogP contribution is -2.62. The summed E-state index contributed by atoms with van der Waals surface area (Å²) in [6.45, 7) is 6.81. The summed E-state index contributed by atoms with van der Waals surface area (Å²) in [5.41, 5.74) is 0. The van der Waals surface area contributed by atoms with Crippen LogP contribution in [0.25, 0.3) is 0 Å². The molecule has 3 unspecified atom stereocenters. The normalized spacial score (nSPS) is 27.9. The molecule has 120 valence electrons. The highest BCUT2D eigenvalue weighted by molar-refractivity contribution is 5.76. The first-order chi connectivity index (χ1) is 9.90. The number of aliphatic carboxylic acids is 1.